The van der Waals surface area contributed by atoms with Gasteiger partial charge in [-0.1, -0.05) is 0 Å². The Morgan fingerprint density at radius 1 is 1.33 bits per heavy atom. The number of nitrogens with one attached hydrogen (secondary N) is 1. The van der Waals surface area contributed by atoms with Crippen molar-refractivity contribution in [1.82, 2.24) is 15.3 Å². The molecule has 0 bridgehead atoms. The molecule has 82 valence electrons. The fourth-order valence-corrected chi connectivity index (χ4v) is 1.95. The van der Waals surface area contributed by atoms with Crippen molar-refractivity contribution in [2.45, 2.75) is 31.7 Å². The number of hydrogen-bond donors (Lipinski definition) is 2. The molecule has 3 N–H and O–H groups in total. The first-order chi connectivity index (χ1) is 7.27. The first-order valence-electron chi connectivity index (χ1n) is 5.55. The van der Waals surface area contributed by atoms with Crippen LogP contribution in [0.2, 0.25) is 0 Å². The molecule has 1 aliphatic rings. The van der Waals surface area contributed by atoms with Crippen LogP contribution in [-0.2, 0) is 0 Å². The van der Waals surface area contributed by atoms with Crippen LogP contribution >= 0.6 is 0 Å². The summed E-state index contributed by atoms with van der Waals surface area (Å²) in [6.45, 7) is 4.10. The molecule has 0 aliphatic carbocycles. The van der Waals surface area contributed by atoms with Crippen molar-refractivity contribution in [3.05, 3.63) is 23.8 Å². The first kappa shape index (κ1) is 10.5. The van der Waals surface area contributed by atoms with Gasteiger partial charge in [0.15, 0.2) is 0 Å². The Morgan fingerprint density at radius 2 is 1.93 bits per heavy atom. The topological polar surface area (TPSA) is 63.8 Å². The Labute approximate surface area is 90.3 Å². The van der Waals surface area contributed by atoms with Crippen molar-refractivity contribution in [2.24, 2.45) is 5.73 Å². The van der Waals surface area contributed by atoms with Gasteiger partial charge < -0.3 is 11.1 Å². The zero-order chi connectivity index (χ0) is 10.7. The molecule has 1 atom stereocenters. The highest BCUT2D eigenvalue weighted by atomic mass is 14.9. The Bertz CT molecular complexity index is 301. The Balaban J connectivity index is 2.08. The maximum absolute atomic E-state index is 5.71. The summed E-state index contributed by atoms with van der Waals surface area (Å²) in [6, 6.07) is -0.0768. The number of hydrogen-bond acceptors (Lipinski definition) is 4. The molecule has 1 aliphatic heterocycles. The third kappa shape index (κ3) is 2.52. The van der Waals surface area contributed by atoms with E-state index in [-0.39, 0.29) is 6.04 Å². The smallest absolute Gasteiger partial charge is 0.144 e. The fraction of sp³-hybridized carbons (Fsp3) is 0.636. The summed E-state index contributed by atoms with van der Waals surface area (Å²) >= 11 is 0. The first-order valence-corrected chi connectivity index (χ1v) is 5.55. The lowest BCUT2D eigenvalue weighted by atomic mass is 9.92. The standard InChI is InChI=1S/C11H18N4/c1-8(12)11-14-6-10(7-15-11)9-2-4-13-5-3-9/h6-9,13H,2-5,12H2,1H3. The van der Waals surface area contributed by atoms with Gasteiger partial charge in [0.2, 0.25) is 0 Å². The predicted octanol–water partition coefficient (Wildman–Crippen LogP) is 0.963. The quantitative estimate of drug-likeness (QED) is 0.756. The molecule has 1 aromatic rings. The molecule has 0 spiro atoms. The lowest BCUT2D eigenvalue weighted by molar-refractivity contribution is 0.458. The summed E-state index contributed by atoms with van der Waals surface area (Å²) < 4.78 is 0. The molecule has 1 saturated heterocycles. The molecule has 4 nitrogen and oxygen atoms in total. The average molecular weight is 206 g/mol. The van der Waals surface area contributed by atoms with E-state index in [2.05, 4.69) is 15.3 Å². The van der Waals surface area contributed by atoms with Crippen LogP contribution in [-0.4, -0.2) is 23.1 Å². The SMILES string of the molecule is CC(N)c1ncc(C2CCNCC2)cn1. The van der Waals surface area contributed by atoms with Gasteiger partial charge in [0.25, 0.3) is 0 Å². The van der Waals surface area contributed by atoms with E-state index in [0.29, 0.717) is 5.92 Å². The highest BCUT2D eigenvalue weighted by Gasteiger charge is 2.16. The van der Waals surface area contributed by atoms with Crippen LogP contribution in [0.1, 0.15) is 43.1 Å². The Hall–Kier alpha value is -1.00. The zero-order valence-electron chi connectivity index (χ0n) is 9.11. The lowest BCUT2D eigenvalue weighted by Gasteiger charge is -2.22. The van der Waals surface area contributed by atoms with Crippen molar-refractivity contribution in [1.29, 1.82) is 0 Å². The van der Waals surface area contributed by atoms with Crippen molar-refractivity contribution in [3.63, 3.8) is 0 Å². The third-order valence-electron chi connectivity index (χ3n) is 2.91. The van der Waals surface area contributed by atoms with Crippen molar-refractivity contribution in [2.75, 3.05) is 13.1 Å². The monoisotopic (exact) mass is 206 g/mol. The van der Waals surface area contributed by atoms with E-state index in [9.17, 15) is 0 Å². The van der Waals surface area contributed by atoms with Crippen LogP contribution in [0.3, 0.4) is 0 Å². The van der Waals surface area contributed by atoms with Gasteiger partial charge in [-0.2, -0.15) is 0 Å². The predicted molar refractivity (Wildman–Crippen MR) is 59.5 cm³/mol. The Morgan fingerprint density at radius 3 is 2.47 bits per heavy atom. The molecule has 0 saturated carbocycles. The van der Waals surface area contributed by atoms with E-state index in [1.165, 1.54) is 18.4 Å². The molecule has 1 aromatic heterocycles. The third-order valence-corrected chi connectivity index (χ3v) is 2.91. The van der Waals surface area contributed by atoms with E-state index in [0.717, 1.165) is 18.9 Å². The van der Waals surface area contributed by atoms with E-state index in [1.807, 2.05) is 19.3 Å². The zero-order valence-corrected chi connectivity index (χ0v) is 9.11. The van der Waals surface area contributed by atoms with Crippen LogP contribution in [0.5, 0.6) is 0 Å². The maximum atomic E-state index is 5.71. The van der Waals surface area contributed by atoms with Crippen LogP contribution in [0.15, 0.2) is 12.4 Å². The van der Waals surface area contributed by atoms with E-state index < -0.39 is 0 Å². The molecule has 0 aromatic carbocycles. The second-order valence-corrected chi connectivity index (χ2v) is 4.19. The maximum Gasteiger partial charge on any atom is 0.144 e. The van der Waals surface area contributed by atoms with Gasteiger partial charge in [0.1, 0.15) is 5.82 Å². The number of aromatic nitrogens is 2. The summed E-state index contributed by atoms with van der Waals surface area (Å²) in [7, 11) is 0. The number of piperidine rings is 1. The van der Waals surface area contributed by atoms with Gasteiger partial charge in [-0.05, 0) is 44.3 Å². The van der Waals surface area contributed by atoms with E-state index >= 15 is 0 Å². The summed E-state index contributed by atoms with van der Waals surface area (Å²) in [5, 5.41) is 3.35. The molecular weight excluding hydrogens is 188 g/mol. The molecular formula is C11H18N4. The highest BCUT2D eigenvalue weighted by molar-refractivity contribution is 5.13. The summed E-state index contributed by atoms with van der Waals surface area (Å²) in [5.41, 5.74) is 6.96. The van der Waals surface area contributed by atoms with Crippen LogP contribution in [0, 0.1) is 0 Å². The van der Waals surface area contributed by atoms with Gasteiger partial charge in [0.05, 0.1) is 6.04 Å². The van der Waals surface area contributed by atoms with Crippen LogP contribution in [0.4, 0.5) is 0 Å². The summed E-state index contributed by atoms with van der Waals surface area (Å²) in [6.07, 6.45) is 6.23. The molecule has 1 fully saturated rings. The molecule has 2 rings (SSSR count). The second kappa shape index (κ2) is 4.68. The molecule has 1 unspecified atom stereocenters. The van der Waals surface area contributed by atoms with Crippen molar-refractivity contribution in [3.8, 4) is 0 Å². The molecule has 0 amide bonds. The minimum atomic E-state index is -0.0768. The largest absolute Gasteiger partial charge is 0.322 e. The lowest BCUT2D eigenvalue weighted by Crippen LogP contribution is -2.26. The van der Waals surface area contributed by atoms with Crippen LogP contribution in [0.25, 0.3) is 0 Å². The van der Waals surface area contributed by atoms with Gasteiger partial charge in [-0.3, -0.25) is 0 Å². The van der Waals surface area contributed by atoms with Gasteiger partial charge in [0, 0.05) is 12.4 Å². The fourth-order valence-electron chi connectivity index (χ4n) is 1.95. The molecule has 0 radical (unpaired) electrons. The normalized spacial score (nSPS) is 20.1. The summed E-state index contributed by atoms with van der Waals surface area (Å²) in [4.78, 5) is 8.59. The molecule has 15 heavy (non-hydrogen) atoms. The molecule has 2 heterocycles. The van der Waals surface area contributed by atoms with Gasteiger partial charge in [-0.25, -0.2) is 9.97 Å². The van der Waals surface area contributed by atoms with Crippen molar-refractivity contribution >= 4 is 0 Å². The molecule has 4 heteroatoms. The number of rotatable bonds is 2. The number of nitrogens with two attached hydrogens (primary N) is 1. The van der Waals surface area contributed by atoms with E-state index in [4.69, 9.17) is 5.73 Å². The minimum absolute atomic E-state index is 0.0768. The second-order valence-electron chi connectivity index (χ2n) is 4.19. The number of nitrogens with zero attached hydrogens (tertiary/aromatic N) is 2. The minimum Gasteiger partial charge on any atom is -0.322 e. The van der Waals surface area contributed by atoms with E-state index in [1.54, 1.807) is 0 Å². The van der Waals surface area contributed by atoms with Crippen molar-refractivity contribution < 1.29 is 0 Å². The summed E-state index contributed by atoms with van der Waals surface area (Å²) in [5.74, 6) is 1.35. The van der Waals surface area contributed by atoms with Gasteiger partial charge in [-0.15, -0.1) is 0 Å². The Kier molecular flexibility index (Phi) is 3.28. The highest BCUT2D eigenvalue weighted by Crippen LogP contribution is 2.23. The van der Waals surface area contributed by atoms with Crippen LogP contribution < -0.4 is 11.1 Å². The van der Waals surface area contributed by atoms with Gasteiger partial charge >= 0.3 is 0 Å². The average Bonchev–Trinajstić information content (AvgIpc) is 2.30.